The van der Waals surface area contributed by atoms with Gasteiger partial charge in [-0.15, -0.1) is 0 Å². The van der Waals surface area contributed by atoms with Gasteiger partial charge in [-0.3, -0.25) is 48.1 Å². The van der Waals surface area contributed by atoms with Crippen LogP contribution in [-0.4, -0.2) is 125 Å². The third-order valence-corrected chi connectivity index (χ3v) is 7.00. The van der Waals surface area contributed by atoms with Crippen molar-refractivity contribution in [2.24, 2.45) is 27.9 Å². The van der Waals surface area contributed by atoms with Crippen LogP contribution in [0.25, 0.3) is 0 Å². The van der Waals surface area contributed by atoms with Gasteiger partial charge in [-0.2, -0.15) is 0 Å². The van der Waals surface area contributed by atoms with Crippen LogP contribution in [0.1, 0.15) is 65.2 Å². The van der Waals surface area contributed by atoms with Gasteiger partial charge in [0.1, 0.15) is 30.5 Å². The molecule has 0 radical (unpaired) electrons. The molecule has 0 heterocycles. The number of nitrogens with zero attached hydrogens (tertiary/aromatic N) is 1. The first-order valence-corrected chi connectivity index (χ1v) is 16.0. The molecule has 0 aromatic carbocycles. The number of primary amides is 1. The van der Waals surface area contributed by atoms with E-state index in [1.54, 1.807) is 0 Å². The normalized spacial score (nSPS) is 14.0. The lowest BCUT2D eigenvalue weighted by molar-refractivity contribution is -0.138. The minimum absolute atomic E-state index is 0.0222. The SMILES string of the molecule is C[C@H](NC(=O)[C@H](C)NC(=O)[C@H](CCC(N)=O)NC(=O)CNC(=O)[C@@H](N)CCC(=O)O)C(=O)N[C@@H](CCCN=C(N)N)C(=O)N[C@H](C=O)CCC(=O)O. The van der Waals surface area contributed by atoms with Crippen molar-refractivity contribution in [3.8, 4) is 0 Å². The topological polar surface area (TPSA) is 400 Å². The second-order valence-corrected chi connectivity index (χ2v) is 11.5. The maximum absolute atomic E-state index is 13.0. The zero-order valence-electron chi connectivity index (χ0n) is 28.8. The molecule has 0 unspecified atom stereocenters. The molecule has 52 heavy (non-hydrogen) atoms. The number of aldehydes is 1. The van der Waals surface area contributed by atoms with E-state index in [2.05, 4.69) is 36.9 Å². The number of hydrogen-bond donors (Lipinski definition) is 12. The van der Waals surface area contributed by atoms with Gasteiger partial charge in [-0.05, 0) is 46.0 Å². The molecule has 0 aliphatic rings. The first kappa shape index (κ1) is 46.1. The Kier molecular flexibility index (Phi) is 21.6. The Hall–Kier alpha value is -5.87. The smallest absolute Gasteiger partial charge is 0.303 e. The Labute approximate surface area is 298 Å². The summed E-state index contributed by atoms with van der Waals surface area (Å²) in [7, 11) is 0. The molecule has 0 aromatic heterocycles. The van der Waals surface area contributed by atoms with Crippen molar-refractivity contribution in [2.75, 3.05) is 13.1 Å². The van der Waals surface area contributed by atoms with E-state index >= 15 is 0 Å². The number of carboxylic acid groups (broad SMARTS) is 2. The summed E-state index contributed by atoms with van der Waals surface area (Å²) >= 11 is 0. The van der Waals surface area contributed by atoms with Crippen LogP contribution in [0.5, 0.6) is 0 Å². The molecule has 7 amide bonds. The standard InChI is InChI=1S/C29H49N11O12/c1-14(37-27(51)19(7-8-20(31)42)39-21(43)12-35-26(50)17(30)6-10-23(46)47)24(48)36-15(2)25(49)40-18(4-3-11-34-29(32)33)28(52)38-16(13-41)5-9-22(44)45/h13-19H,3-12,30H2,1-2H3,(H2,31,42)(H,35,50)(H,36,48)(H,37,51)(H,38,52)(H,39,43)(H,40,49)(H,44,45)(H,46,47)(H4,32,33,34)/t14-,15-,16-,17-,18-,19-/m0/s1. The second-order valence-electron chi connectivity index (χ2n) is 11.5. The van der Waals surface area contributed by atoms with E-state index in [1.807, 2.05) is 0 Å². The molecule has 23 nitrogen and oxygen atoms in total. The Bertz CT molecular complexity index is 1340. The third kappa shape index (κ3) is 20.6. The molecule has 0 aliphatic heterocycles. The molecule has 0 bridgehead atoms. The molecule has 0 saturated heterocycles. The number of rotatable bonds is 26. The summed E-state index contributed by atoms with van der Waals surface area (Å²) in [5.41, 5.74) is 21.4. The van der Waals surface area contributed by atoms with E-state index in [-0.39, 0.29) is 57.5 Å². The molecular formula is C29H49N11O12. The minimum Gasteiger partial charge on any atom is -0.481 e. The molecule has 0 rings (SSSR count). The minimum atomic E-state index is -1.41. The van der Waals surface area contributed by atoms with E-state index in [4.69, 9.17) is 33.1 Å². The average Bonchev–Trinajstić information content (AvgIpc) is 3.06. The van der Waals surface area contributed by atoms with E-state index in [0.717, 1.165) is 0 Å². The Morgan fingerprint density at radius 2 is 1.17 bits per heavy atom. The lowest BCUT2D eigenvalue weighted by Gasteiger charge is -2.24. The fourth-order valence-corrected chi connectivity index (χ4v) is 4.10. The first-order valence-electron chi connectivity index (χ1n) is 16.0. The lowest BCUT2D eigenvalue weighted by Crippen LogP contribution is -2.57. The Morgan fingerprint density at radius 3 is 1.71 bits per heavy atom. The predicted molar refractivity (Wildman–Crippen MR) is 180 cm³/mol. The van der Waals surface area contributed by atoms with Crippen LogP contribution in [0.3, 0.4) is 0 Å². The second kappa shape index (κ2) is 24.3. The Morgan fingerprint density at radius 1 is 0.654 bits per heavy atom. The highest BCUT2D eigenvalue weighted by atomic mass is 16.4. The molecule has 0 saturated carbocycles. The highest BCUT2D eigenvalue weighted by Gasteiger charge is 2.29. The van der Waals surface area contributed by atoms with Gasteiger partial charge < -0.3 is 69.8 Å². The zero-order valence-corrected chi connectivity index (χ0v) is 28.8. The summed E-state index contributed by atoms with van der Waals surface area (Å²) in [6.45, 7) is 1.95. The number of carbonyl (C=O) groups is 10. The quantitative estimate of drug-likeness (QED) is 0.0170. The number of nitrogens with one attached hydrogen (secondary N) is 6. The van der Waals surface area contributed by atoms with Crippen molar-refractivity contribution in [1.82, 2.24) is 31.9 Å². The van der Waals surface area contributed by atoms with Crippen molar-refractivity contribution in [3.63, 3.8) is 0 Å². The van der Waals surface area contributed by atoms with Gasteiger partial charge in [0.05, 0.1) is 18.6 Å². The highest BCUT2D eigenvalue weighted by Crippen LogP contribution is 2.04. The van der Waals surface area contributed by atoms with Crippen molar-refractivity contribution in [1.29, 1.82) is 0 Å². The molecular weight excluding hydrogens is 694 g/mol. The number of aliphatic carboxylic acids is 2. The summed E-state index contributed by atoms with van der Waals surface area (Å²) in [4.78, 5) is 124. The molecule has 23 heteroatoms. The van der Waals surface area contributed by atoms with E-state index < -0.39 is 103 Å². The summed E-state index contributed by atoms with van der Waals surface area (Å²) in [5.74, 6) is -8.55. The monoisotopic (exact) mass is 743 g/mol. The largest absolute Gasteiger partial charge is 0.481 e. The van der Waals surface area contributed by atoms with Crippen molar-refractivity contribution >= 4 is 65.5 Å². The van der Waals surface area contributed by atoms with Gasteiger partial charge >= 0.3 is 11.9 Å². The van der Waals surface area contributed by atoms with Gasteiger partial charge in [-0.1, -0.05) is 0 Å². The number of nitrogens with two attached hydrogens (primary N) is 4. The number of aliphatic imine (C=N–C) groups is 1. The molecule has 0 spiro atoms. The molecule has 6 atom stereocenters. The van der Waals surface area contributed by atoms with Crippen molar-refractivity contribution in [3.05, 3.63) is 0 Å². The predicted octanol–water partition coefficient (Wildman–Crippen LogP) is -5.86. The molecule has 0 fully saturated rings. The van der Waals surface area contributed by atoms with E-state index in [1.165, 1.54) is 13.8 Å². The van der Waals surface area contributed by atoms with Crippen LogP contribution >= 0.6 is 0 Å². The average molecular weight is 744 g/mol. The van der Waals surface area contributed by atoms with Crippen molar-refractivity contribution in [2.45, 2.75) is 101 Å². The van der Waals surface area contributed by atoms with Gasteiger partial charge in [0.25, 0.3) is 0 Å². The Balaban J connectivity index is 5.44. The number of guanidine groups is 1. The number of amides is 7. The van der Waals surface area contributed by atoms with Crippen LogP contribution in [0.15, 0.2) is 4.99 Å². The number of carbonyl (C=O) groups excluding carboxylic acids is 8. The fraction of sp³-hybridized carbons (Fsp3) is 0.621. The van der Waals surface area contributed by atoms with Crippen LogP contribution in [0.4, 0.5) is 0 Å². The first-order chi connectivity index (χ1) is 24.3. The van der Waals surface area contributed by atoms with E-state index in [0.29, 0.717) is 6.29 Å². The molecule has 0 aliphatic carbocycles. The number of carboxylic acids is 2. The van der Waals surface area contributed by atoms with Gasteiger partial charge in [-0.25, -0.2) is 0 Å². The summed E-state index contributed by atoms with van der Waals surface area (Å²) in [5, 5.41) is 31.6. The molecule has 0 aromatic rings. The maximum Gasteiger partial charge on any atom is 0.303 e. The number of hydrogen-bond acceptors (Lipinski definition) is 12. The fourth-order valence-electron chi connectivity index (χ4n) is 4.10. The van der Waals surface area contributed by atoms with E-state index in [9.17, 15) is 47.9 Å². The van der Waals surface area contributed by atoms with Crippen LogP contribution in [0, 0.1) is 0 Å². The lowest BCUT2D eigenvalue weighted by atomic mass is 10.1. The summed E-state index contributed by atoms with van der Waals surface area (Å²) in [6.07, 6.45) is -1.31. The van der Waals surface area contributed by atoms with Crippen molar-refractivity contribution < 1.29 is 58.2 Å². The van der Waals surface area contributed by atoms with Crippen LogP contribution in [-0.2, 0) is 47.9 Å². The van der Waals surface area contributed by atoms with Gasteiger partial charge in [0, 0.05) is 25.8 Å². The maximum atomic E-state index is 13.0. The molecule has 16 N–H and O–H groups in total. The molecule has 292 valence electrons. The van der Waals surface area contributed by atoms with Crippen LogP contribution in [0.2, 0.25) is 0 Å². The third-order valence-electron chi connectivity index (χ3n) is 7.00. The zero-order chi connectivity index (χ0) is 40.0. The van der Waals surface area contributed by atoms with Crippen LogP contribution < -0.4 is 54.8 Å². The summed E-state index contributed by atoms with van der Waals surface area (Å²) < 4.78 is 0. The van der Waals surface area contributed by atoms with Gasteiger partial charge in [0.2, 0.25) is 41.4 Å². The summed E-state index contributed by atoms with van der Waals surface area (Å²) in [6, 6.07) is -7.64. The highest BCUT2D eigenvalue weighted by molar-refractivity contribution is 5.96. The van der Waals surface area contributed by atoms with Gasteiger partial charge in [0.15, 0.2) is 5.96 Å².